The molecule has 4 N–H and O–H groups in total. The van der Waals surface area contributed by atoms with Crippen LogP contribution in [-0.4, -0.2) is 18.3 Å². The predicted molar refractivity (Wildman–Crippen MR) is 74.3 cm³/mol. The van der Waals surface area contributed by atoms with E-state index in [9.17, 15) is 4.39 Å². The molecule has 0 radical (unpaired) electrons. The molecule has 0 amide bonds. The molecule has 0 saturated heterocycles. The molecule has 0 aromatic heterocycles. The molecule has 19 heavy (non-hydrogen) atoms. The standard InChI is InChI=1S/C13H19FN4O/c1-3-9(2)19-8-11-5-4-10(6-12(11)14)7-17-18-13(15)16/h4-7,9H,3,8H2,1-2H3,(H4,15,16,18). The number of ether oxygens (including phenoxy) is 1. The zero-order valence-corrected chi connectivity index (χ0v) is 11.1. The van der Waals surface area contributed by atoms with E-state index in [-0.39, 0.29) is 24.5 Å². The van der Waals surface area contributed by atoms with Gasteiger partial charge in [0, 0.05) is 5.56 Å². The third-order valence-electron chi connectivity index (χ3n) is 2.56. The van der Waals surface area contributed by atoms with Crippen molar-refractivity contribution in [2.75, 3.05) is 0 Å². The third-order valence-corrected chi connectivity index (χ3v) is 2.56. The number of hydrogen-bond acceptors (Lipinski definition) is 3. The average Bonchev–Trinajstić information content (AvgIpc) is 2.37. The Morgan fingerprint density at radius 3 is 2.79 bits per heavy atom. The maximum atomic E-state index is 13.8. The number of rotatable bonds is 6. The Bertz CT molecular complexity index is 470. The summed E-state index contributed by atoms with van der Waals surface area (Å²) in [7, 11) is 0. The summed E-state index contributed by atoms with van der Waals surface area (Å²) in [4.78, 5) is 0. The van der Waals surface area contributed by atoms with Gasteiger partial charge in [-0.1, -0.05) is 19.1 Å². The number of hydrogen-bond donors (Lipinski definition) is 2. The second-order valence-electron chi connectivity index (χ2n) is 4.15. The normalized spacial score (nSPS) is 12.6. The highest BCUT2D eigenvalue weighted by Crippen LogP contribution is 2.12. The van der Waals surface area contributed by atoms with Crippen LogP contribution in [0, 0.1) is 5.82 Å². The minimum atomic E-state index is -0.336. The van der Waals surface area contributed by atoms with Gasteiger partial charge in [0.2, 0.25) is 5.96 Å². The van der Waals surface area contributed by atoms with Crippen LogP contribution in [0.15, 0.2) is 28.4 Å². The Balaban J connectivity index is 2.69. The van der Waals surface area contributed by atoms with Gasteiger partial charge in [0.15, 0.2) is 0 Å². The molecular weight excluding hydrogens is 247 g/mol. The van der Waals surface area contributed by atoms with E-state index >= 15 is 0 Å². The van der Waals surface area contributed by atoms with E-state index in [1.807, 2.05) is 13.8 Å². The number of nitrogens with two attached hydrogens (primary N) is 2. The Labute approximate surface area is 112 Å². The van der Waals surface area contributed by atoms with Crippen LogP contribution in [0.2, 0.25) is 0 Å². The zero-order chi connectivity index (χ0) is 14.3. The van der Waals surface area contributed by atoms with Crippen molar-refractivity contribution >= 4 is 12.2 Å². The third kappa shape index (κ3) is 5.48. The molecule has 0 fully saturated rings. The first-order chi connectivity index (χ1) is 9.02. The fraction of sp³-hybridized carbons (Fsp3) is 0.385. The molecule has 1 aromatic carbocycles. The lowest BCUT2D eigenvalue weighted by Crippen LogP contribution is -2.21. The van der Waals surface area contributed by atoms with Crippen LogP contribution < -0.4 is 11.5 Å². The minimum absolute atomic E-state index is 0.113. The van der Waals surface area contributed by atoms with Crippen LogP contribution in [0.4, 0.5) is 4.39 Å². The molecular formula is C13H19FN4O. The SMILES string of the molecule is CCC(C)OCc1ccc(C=NN=C(N)N)cc1F. The molecule has 5 nitrogen and oxygen atoms in total. The summed E-state index contributed by atoms with van der Waals surface area (Å²) in [6.07, 6.45) is 2.38. The lowest BCUT2D eigenvalue weighted by Gasteiger charge is -2.11. The average molecular weight is 266 g/mol. The largest absolute Gasteiger partial charge is 0.374 e. The van der Waals surface area contributed by atoms with Crippen molar-refractivity contribution in [3.8, 4) is 0 Å². The Kier molecular flexibility index (Phi) is 5.95. The van der Waals surface area contributed by atoms with E-state index in [4.69, 9.17) is 16.2 Å². The first-order valence-electron chi connectivity index (χ1n) is 6.05. The van der Waals surface area contributed by atoms with E-state index in [0.717, 1.165) is 6.42 Å². The van der Waals surface area contributed by atoms with Crippen molar-refractivity contribution in [2.24, 2.45) is 21.7 Å². The molecule has 0 heterocycles. The van der Waals surface area contributed by atoms with Gasteiger partial charge in [-0.2, -0.15) is 5.10 Å². The van der Waals surface area contributed by atoms with Crippen LogP contribution in [-0.2, 0) is 11.3 Å². The molecule has 0 aliphatic heterocycles. The Morgan fingerprint density at radius 1 is 1.47 bits per heavy atom. The molecule has 1 unspecified atom stereocenters. The molecule has 0 aliphatic rings. The number of guanidine groups is 1. The van der Waals surface area contributed by atoms with Crippen molar-refractivity contribution < 1.29 is 9.13 Å². The first-order valence-corrected chi connectivity index (χ1v) is 6.05. The summed E-state index contributed by atoms with van der Waals surface area (Å²) < 4.78 is 19.2. The smallest absolute Gasteiger partial charge is 0.211 e. The van der Waals surface area contributed by atoms with Gasteiger partial charge in [0.05, 0.1) is 18.9 Å². The van der Waals surface area contributed by atoms with Crippen molar-refractivity contribution in [1.29, 1.82) is 0 Å². The molecule has 6 heteroatoms. The molecule has 1 aromatic rings. The number of benzene rings is 1. The van der Waals surface area contributed by atoms with Gasteiger partial charge in [-0.25, -0.2) is 4.39 Å². The van der Waals surface area contributed by atoms with Crippen molar-refractivity contribution in [3.63, 3.8) is 0 Å². The number of halogens is 1. The highest BCUT2D eigenvalue weighted by atomic mass is 19.1. The van der Waals surface area contributed by atoms with Crippen molar-refractivity contribution in [3.05, 3.63) is 35.1 Å². The van der Waals surface area contributed by atoms with Gasteiger partial charge >= 0.3 is 0 Å². The fourth-order valence-electron chi connectivity index (χ4n) is 1.27. The van der Waals surface area contributed by atoms with E-state index in [0.29, 0.717) is 11.1 Å². The molecule has 0 bridgehead atoms. The summed E-state index contributed by atoms with van der Waals surface area (Å²) in [5.74, 6) is -0.479. The molecule has 0 spiro atoms. The van der Waals surface area contributed by atoms with Crippen LogP contribution in [0.3, 0.4) is 0 Å². The Morgan fingerprint density at radius 2 is 2.21 bits per heavy atom. The summed E-state index contributed by atoms with van der Waals surface area (Å²) >= 11 is 0. The van der Waals surface area contributed by atoms with Gasteiger partial charge in [0.1, 0.15) is 5.82 Å². The quantitative estimate of drug-likeness (QED) is 0.467. The molecule has 1 rings (SSSR count). The number of nitrogens with zero attached hydrogens (tertiary/aromatic N) is 2. The van der Waals surface area contributed by atoms with Gasteiger partial charge < -0.3 is 16.2 Å². The molecule has 104 valence electrons. The second kappa shape index (κ2) is 7.48. The minimum Gasteiger partial charge on any atom is -0.374 e. The lowest BCUT2D eigenvalue weighted by molar-refractivity contribution is 0.0492. The monoisotopic (exact) mass is 266 g/mol. The van der Waals surface area contributed by atoms with Gasteiger partial charge in [-0.15, -0.1) is 5.10 Å². The van der Waals surface area contributed by atoms with Gasteiger partial charge in [0.25, 0.3) is 0 Å². The van der Waals surface area contributed by atoms with E-state index < -0.39 is 0 Å². The van der Waals surface area contributed by atoms with E-state index in [1.54, 1.807) is 12.1 Å². The highest BCUT2D eigenvalue weighted by molar-refractivity contribution is 5.81. The second-order valence-corrected chi connectivity index (χ2v) is 4.15. The van der Waals surface area contributed by atoms with Gasteiger partial charge in [-0.05, 0) is 25.0 Å². The zero-order valence-electron chi connectivity index (χ0n) is 11.1. The van der Waals surface area contributed by atoms with Gasteiger partial charge in [-0.3, -0.25) is 0 Å². The summed E-state index contributed by atoms with van der Waals surface area (Å²) in [6, 6.07) is 4.75. The highest BCUT2D eigenvalue weighted by Gasteiger charge is 2.05. The molecule has 1 atom stereocenters. The summed E-state index contributed by atoms with van der Waals surface area (Å²) in [5, 5.41) is 7.05. The maximum Gasteiger partial charge on any atom is 0.211 e. The van der Waals surface area contributed by atoms with E-state index in [1.165, 1.54) is 12.3 Å². The van der Waals surface area contributed by atoms with Crippen LogP contribution in [0.5, 0.6) is 0 Å². The first kappa shape index (κ1) is 15.1. The molecule has 0 aliphatic carbocycles. The molecule has 0 saturated carbocycles. The Hall–Kier alpha value is -1.95. The maximum absolute atomic E-state index is 13.8. The lowest BCUT2D eigenvalue weighted by atomic mass is 10.1. The summed E-state index contributed by atoms with van der Waals surface area (Å²) in [5.41, 5.74) is 11.3. The fourth-order valence-corrected chi connectivity index (χ4v) is 1.27. The summed E-state index contributed by atoms with van der Waals surface area (Å²) in [6.45, 7) is 4.23. The van der Waals surface area contributed by atoms with Crippen LogP contribution in [0.1, 0.15) is 31.4 Å². The predicted octanol–water partition coefficient (Wildman–Crippen LogP) is 1.75. The van der Waals surface area contributed by atoms with Crippen LogP contribution >= 0.6 is 0 Å². The van der Waals surface area contributed by atoms with Crippen molar-refractivity contribution in [1.82, 2.24) is 0 Å². The van der Waals surface area contributed by atoms with Crippen LogP contribution in [0.25, 0.3) is 0 Å². The van der Waals surface area contributed by atoms with E-state index in [2.05, 4.69) is 10.2 Å². The van der Waals surface area contributed by atoms with Crippen molar-refractivity contribution in [2.45, 2.75) is 33.0 Å². The topological polar surface area (TPSA) is 86.0 Å².